The molecule has 0 bridgehead atoms. The first-order valence-electron chi connectivity index (χ1n) is 5.62. The topological polar surface area (TPSA) is 23.8 Å². The molecule has 1 aliphatic carbocycles. The predicted molar refractivity (Wildman–Crippen MR) is 68.7 cm³/mol. The van der Waals surface area contributed by atoms with E-state index in [1.54, 1.807) is 11.8 Å². The highest BCUT2D eigenvalue weighted by molar-refractivity contribution is 8.00. The summed E-state index contributed by atoms with van der Waals surface area (Å²) in [5.74, 6) is 0.190. The second kappa shape index (κ2) is 5.61. The molecule has 1 aromatic carbocycles. The number of thioether (sulfide) groups is 1. The van der Waals surface area contributed by atoms with Gasteiger partial charge in [0, 0.05) is 10.1 Å². The third kappa shape index (κ3) is 2.72. The van der Waals surface area contributed by atoms with Crippen LogP contribution < -0.4 is 0 Å². The van der Waals surface area contributed by atoms with E-state index in [2.05, 4.69) is 6.07 Å². The van der Waals surface area contributed by atoms with Crippen molar-refractivity contribution in [2.24, 2.45) is 5.92 Å². The second-order valence-electron chi connectivity index (χ2n) is 4.11. The lowest BCUT2D eigenvalue weighted by molar-refractivity contribution is 0.439. The van der Waals surface area contributed by atoms with Crippen molar-refractivity contribution in [3.05, 3.63) is 29.3 Å². The maximum absolute atomic E-state index is 9.11. The largest absolute Gasteiger partial charge is 0.198 e. The van der Waals surface area contributed by atoms with Crippen LogP contribution in [-0.4, -0.2) is 5.25 Å². The molecule has 0 aromatic heterocycles. The smallest absolute Gasteiger partial charge is 0.0667 e. The number of nitrogens with zero attached hydrogens (tertiary/aromatic N) is 1. The van der Waals surface area contributed by atoms with Crippen molar-refractivity contribution >= 4 is 23.4 Å². The number of halogens is 1. The highest BCUT2D eigenvalue weighted by Gasteiger charge is 2.26. The van der Waals surface area contributed by atoms with Gasteiger partial charge >= 0.3 is 0 Å². The maximum Gasteiger partial charge on any atom is 0.0667 e. The lowest BCUT2D eigenvalue weighted by atomic mass is 9.90. The van der Waals surface area contributed by atoms with Crippen molar-refractivity contribution in [2.45, 2.75) is 35.8 Å². The van der Waals surface area contributed by atoms with E-state index >= 15 is 0 Å². The molecule has 2 unspecified atom stereocenters. The molecule has 0 amide bonds. The van der Waals surface area contributed by atoms with Crippen molar-refractivity contribution in [3.8, 4) is 6.07 Å². The van der Waals surface area contributed by atoms with Gasteiger partial charge in [0.2, 0.25) is 0 Å². The summed E-state index contributed by atoms with van der Waals surface area (Å²) >= 11 is 7.90. The molecule has 0 heterocycles. The van der Waals surface area contributed by atoms with E-state index in [0.29, 0.717) is 5.25 Å². The number of nitriles is 1. The van der Waals surface area contributed by atoms with Gasteiger partial charge in [-0.1, -0.05) is 36.6 Å². The number of hydrogen-bond acceptors (Lipinski definition) is 2. The lowest BCUT2D eigenvalue weighted by Gasteiger charge is -2.26. The van der Waals surface area contributed by atoms with E-state index in [1.165, 1.54) is 12.8 Å². The average Bonchev–Trinajstić information content (AvgIpc) is 2.33. The predicted octanol–water partition coefficient (Wildman–Crippen LogP) is 4.51. The molecule has 1 nitrogen and oxygen atoms in total. The summed E-state index contributed by atoms with van der Waals surface area (Å²) < 4.78 is 0. The Morgan fingerprint density at radius 2 is 2.00 bits per heavy atom. The fourth-order valence-corrected chi connectivity index (χ4v) is 3.67. The molecule has 0 spiro atoms. The molecule has 0 aliphatic heterocycles. The summed E-state index contributed by atoms with van der Waals surface area (Å²) in [6.07, 6.45) is 4.60. The minimum Gasteiger partial charge on any atom is -0.198 e. The fourth-order valence-electron chi connectivity index (χ4n) is 2.09. The molecule has 1 fully saturated rings. The lowest BCUT2D eigenvalue weighted by Crippen LogP contribution is -2.20. The van der Waals surface area contributed by atoms with Gasteiger partial charge in [0.05, 0.1) is 17.0 Å². The molecule has 1 aliphatic rings. The summed E-state index contributed by atoms with van der Waals surface area (Å²) in [7, 11) is 0. The Morgan fingerprint density at radius 3 is 2.75 bits per heavy atom. The van der Waals surface area contributed by atoms with Crippen molar-refractivity contribution in [3.63, 3.8) is 0 Å². The number of hydrogen-bond donors (Lipinski definition) is 0. The standard InChI is InChI=1S/C13H14ClNS/c14-11-6-2-4-8-13(11)16-12-7-3-1-5-10(12)9-15/h2,4,6,8,10,12H,1,3,5,7H2. The van der Waals surface area contributed by atoms with Crippen molar-refractivity contribution in [2.75, 3.05) is 0 Å². The van der Waals surface area contributed by atoms with Gasteiger partial charge in [-0.15, -0.1) is 11.8 Å². The van der Waals surface area contributed by atoms with E-state index in [1.807, 2.05) is 24.3 Å². The molecule has 84 valence electrons. The van der Waals surface area contributed by atoms with Crippen LogP contribution in [0, 0.1) is 17.2 Å². The summed E-state index contributed by atoms with van der Waals surface area (Å²) in [6.45, 7) is 0. The Morgan fingerprint density at radius 1 is 1.25 bits per heavy atom. The van der Waals surface area contributed by atoms with E-state index in [0.717, 1.165) is 22.8 Å². The minimum absolute atomic E-state index is 0.190. The molecule has 16 heavy (non-hydrogen) atoms. The summed E-state index contributed by atoms with van der Waals surface area (Å²) in [6, 6.07) is 10.3. The van der Waals surface area contributed by atoms with Crippen LogP contribution in [0.2, 0.25) is 5.02 Å². The maximum atomic E-state index is 9.11. The summed E-state index contributed by atoms with van der Waals surface area (Å²) in [4.78, 5) is 1.11. The van der Waals surface area contributed by atoms with Crippen LogP contribution in [-0.2, 0) is 0 Å². The molecule has 0 radical (unpaired) electrons. The van der Waals surface area contributed by atoms with Gasteiger partial charge in [-0.3, -0.25) is 0 Å². The van der Waals surface area contributed by atoms with Crippen molar-refractivity contribution in [1.82, 2.24) is 0 Å². The van der Waals surface area contributed by atoms with Gasteiger partial charge in [0.25, 0.3) is 0 Å². The van der Waals surface area contributed by atoms with Crippen LogP contribution in [0.25, 0.3) is 0 Å². The molecule has 1 saturated carbocycles. The van der Waals surface area contributed by atoms with E-state index in [-0.39, 0.29) is 5.92 Å². The minimum atomic E-state index is 0.190. The van der Waals surface area contributed by atoms with Crippen LogP contribution in [0.5, 0.6) is 0 Å². The van der Waals surface area contributed by atoms with Gasteiger partial charge in [-0.2, -0.15) is 5.26 Å². The van der Waals surface area contributed by atoms with Gasteiger partial charge < -0.3 is 0 Å². The van der Waals surface area contributed by atoms with Gasteiger partial charge in [-0.05, 0) is 25.0 Å². The highest BCUT2D eigenvalue weighted by atomic mass is 35.5. The normalized spacial score (nSPS) is 25.0. The second-order valence-corrected chi connectivity index (χ2v) is 5.80. The van der Waals surface area contributed by atoms with Crippen molar-refractivity contribution in [1.29, 1.82) is 5.26 Å². The van der Waals surface area contributed by atoms with Crippen LogP contribution in [0.15, 0.2) is 29.2 Å². The fraction of sp³-hybridized carbons (Fsp3) is 0.462. The highest BCUT2D eigenvalue weighted by Crippen LogP contribution is 2.39. The van der Waals surface area contributed by atoms with Crippen LogP contribution in [0.3, 0.4) is 0 Å². The Bertz CT molecular complexity index is 399. The van der Waals surface area contributed by atoms with Crippen LogP contribution in [0.1, 0.15) is 25.7 Å². The molecule has 0 saturated heterocycles. The third-order valence-electron chi connectivity index (χ3n) is 2.98. The van der Waals surface area contributed by atoms with Gasteiger partial charge in [0.15, 0.2) is 0 Å². The summed E-state index contributed by atoms with van der Waals surface area (Å²) in [5, 5.41) is 10.3. The molecule has 3 heteroatoms. The molecule has 0 N–H and O–H groups in total. The SMILES string of the molecule is N#CC1CCCCC1Sc1ccccc1Cl. The molecule has 2 atom stereocenters. The first-order chi connectivity index (χ1) is 7.81. The first kappa shape index (κ1) is 11.8. The van der Waals surface area contributed by atoms with Gasteiger partial charge in [0.1, 0.15) is 0 Å². The van der Waals surface area contributed by atoms with Crippen LogP contribution in [0.4, 0.5) is 0 Å². The third-order valence-corrected chi connectivity index (χ3v) is 4.90. The monoisotopic (exact) mass is 251 g/mol. The zero-order valence-corrected chi connectivity index (χ0v) is 10.6. The van der Waals surface area contributed by atoms with Crippen molar-refractivity contribution < 1.29 is 0 Å². The molecule has 1 aromatic rings. The quantitative estimate of drug-likeness (QED) is 0.772. The van der Waals surface area contributed by atoms with E-state index in [9.17, 15) is 0 Å². The zero-order chi connectivity index (χ0) is 11.4. The van der Waals surface area contributed by atoms with Crippen LogP contribution >= 0.6 is 23.4 Å². The Hall–Kier alpha value is -0.650. The number of benzene rings is 1. The zero-order valence-electron chi connectivity index (χ0n) is 9.03. The van der Waals surface area contributed by atoms with E-state index in [4.69, 9.17) is 16.9 Å². The Kier molecular flexibility index (Phi) is 4.15. The number of rotatable bonds is 2. The average molecular weight is 252 g/mol. The Labute approximate surface area is 106 Å². The first-order valence-corrected chi connectivity index (χ1v) is 6.88. The Balaban J connectivity index is 2.09. The van der Waals surface area contributed by atoms with E-state index < -0.39 is 0 Å². The molecular formula is C13H14ClNS. The molecule has 2 rings (SSSR count). The molecular weight excluding hydrogens is 238 g/mol. The summed E-state index contributed by atoms with van der Waals surface area (Å²) in [5.41, 5.74) is 0. The van der Waals surface area contributed by atoms with Gasteiger partial charge in [-0.25, -0.2) is 0 Å².